The van der Waals surface area contributed by atoms with E-state index in [2.05, 4.69) is 43.5 Å². The van der Waals surface area contributed by atoms with Crippen LogP contribution in [0, 0.1) is 0 Å². The van der Waals surface area contributed by atoms with Crippen molar-refractivity contribution in [3.63, 3.8) is 0 Å². The number of amides is 1. The first-order valence-corrected chi connectivity index (χ1v) is 39.3. The fraction of sp³-hybridized carbons (Fsp3) is 0.899. The molecule has 1 saturated heterocycles. The van der Waals surface area contributed by atoms with Crippen molar-refractivity contribution in [2.24, 2.45) is 0 Å². The predicted octanol–water partition coefficient (Wildman–Crippen LogP) is 20.9. The molecule has 90 heavy (non-hydrogen) atoms. The predicted molar refractivity (Wildman–Crippen MR) is 380 cm³/mol. The van der Waals surface area contributed by atoms with Crippen LogP contribution >= 0.6 is 0 Å². The third-order valence-electron chi connectivity index (χ3n) is 18.7. The zero-order valence-electron chi connectivity index (χ0n) is 59.1. The molecule has 1 aliphatic heterocycles. The SMILES string of the molecule is CCCCC/C=C/CC/C=C/C(O)C(COC1OC(CO)C(O)C(O)C1O)NC(=O)CCCCCCCCCCCCCCCCCCC/C=C\CCCCCCCCCCCCCCCCCCCCOC(=O)CCCCCCCCCCCCCCCC. The summed E-state index contributed by atoms with van der Waals surface area (Å²) in [6.45, 7) is 4.33. The van der Waals surface area contributed by atoms with Gasteiger partial charge in [0.2, 0.25) is 5.91 Å². The maximum absolute atomic E-state index is 13.0. The fourth-order valence-electron chi connectivity index (χ4n) is 12.6. The number of unbranched alkanes of at least 4 members (excludes halogenated alkanes) is 52. The smallest absolute Gasteiger partial charge is 0.305 e. The Kier molecular flexibility index (Phi) is 65.2. The van der Waals surface area contributed by atoms with Crippen LogP contribution in [0.25, 0.3) is 0 Å². The van der Waals surface area contributed by atoms with Crippen molar-refractivity contribution in [3.05, 3.63) is 36.5 Å². The van der Waals surface area contributed by atoms with Gasteiger partial charge in [-0.3, -0.25) is 9.59 Å². The zero-order chi connectivity index (χ0) is 65.1. The average Bonchev–Trinajstić information content (AvgIpc) is 0.983. The number of aliphatic hydroxyl groups is 5. The highest BCUT2D eigenvalue weighted by molar-refractivity contribution is 5.76. The third kappa shape index (κ3) is 56.2. The van der Waals surface area contributed by atoms with Gasteiger partial charge in [-0.15, -0.1) is 0 Å². The summed E-state index contributed by atoms with van der Waals surface area (Å²) >= 11 is 0. The Hall–Kier alpha value is -2.12. The van der Waals surface area contributed by atoms with E-state index in [-0.39, 0.29) is 18.5 Å². The molecule has 7 unspecified atom stereocenters. The van der Waals surface area contributed by atoms with E-state index in [1.165, 1.54) is 315 Å². The van der Waals surface area contributed by atoms with Crippen LogP contribution in [-0.2, 0) is 23.8 Å². The van der Waals surface area contributed by atoms with Crippen LogP contribution in [0.1, 0.15) is 393 Å². The number of ether oxygens (including phenoxy) is 3. The molecular formula is C79H149NO10. The average molecular weight is 1270 g/mol. The third-order valence-corrected chi connectivity index (χ3v) is 18.7. The molecule has 11 heteroatoms. The van der Waals surface area contributed by atoms with Gasteiger partial charge >= 0.3 is 5.97 Å². The number of rotatable bonds is 70. The van der Waals surface area contributed by atoms with Gasteiger partial charge in [-0.2, -0.15) is 0 Å². The Bertz CT molecular complexity index is 1590. The topological polar surface area (TPSA) is 175 Å². The first-order chi connectivity index (χ1) is 44.2. The molecule has 1 fully saturated rings. The number of nitrogens with one attached hydrogen (secondary N) is 1. The highest BCUT2D eigenvalue weighted by Crippen LogP contribution is 2.24. The second-order valence-electron chi connectivity index (χ2n) is 27.4. The van der Waals surface area contributed by atoms with E-state index >= 15 is 0 Å². The van der Waals surface area contributed by atoms with Gasteiger partial charge in [0.05, 0.1) is 32.0 Å². The summed E-state index contributed by atoms with van der Waals surface area (Å²) in [7, 11) is 0. The molecule has 1 rings (SSSR count). The minimum absolute atomic E-state index is 0.0194. The molecule has 530 valence electrons. The van der Waals surface area contributed by atoms with E-state index in [1.54, 1.807) is 6.08 Å². The van der Waals surface area contributed by atoms with E-state index in [4.69, 9.17) is 14.2 Å². The molecule has 0 spiro atoms. The molecular weight excluding hydrogens is 1120 g/mol. The first-order valence-electron chi connectivity index (χ1n) is 39.3. The Morgan fingerprint density at radius 1 is 0.400 bits per heavy atom. The molecule has 0 bridgehead atoms. The van der Waals surface area contributed by atoms with Crippen LogP contribution in [0.2, 0.25) is 0 Å². The Morgan fingerprint density at radius 3 is 1.12 bits per heavy atom. The Morgan fingerprint density at radius 2 is 0.722 bits per heavy atom. The van der Waals surface area contributed by atoms with Gasteiger partial charge in [-0.1, -0.05) is 346 Å². The number of aliphatic hydroxyl groups excluding tert-OH is 5. The number of hydrogen-bond acceptors (Lipinski definition) is 10. The molecule has 11 nitrogen and oxygen atoms in total. The lowest BCUT2D eigenvalue weighted by Crippen LogP contribution is -2.60. The van der Waals surface area contributed by atoms with E-state index < -0.39 is 49.5 Å². The van der Waals surface area contributed by atoms with Crippen LogP contribution in [0.3, 0.4) is 0 Å². The van der Waals surface area contributed by atoms with E-state index in [9.17, 15) is 35.1 Å². The lowest BCUT2D eigenvalue weighted by Gasteiger charge is -2.40. The van der Waals surface area contributed by atoms with Crippen LogP contribution in [-0.4, -0.2) is 100 Å². The summed E-state index contributed by atoms with van der Waals surface area (Å²) in [5.74, 6) is -0.169. The van der Waals surface area contributed by atoms with Crippen molar-refractivity contribution in [2.45, 2.75) is 436 Å². The zero-order valence-corrected chi connectivity index (χ0v) is 59.1. The molecule has 0 aromatic rings. The van der Waals surface area contributed by atoms with Crippen molar-refractivity contribution in [3.8, 4) is 0 Å². The number of esters is 1. The maximum Gasteiger partial charge on any atom is 0.305 e. The van der Waals surface area contributed by atoms with Gasteiger partial charge in [0, 0.05) is 12.8 Å². The molecule has 7 atom stereocenters. The van der Waals surface area contributed by atoms with Crippen molar-refractivity contribution < 1.29 is 49.3 Å². The molecule has 0 aromatic carbocycles. The minimum Gasteiger partial charge on any atom is -0.466 e. The monoisotopic (exact) mass is 1270 g/mol. The lowest BCUT2D eigenvalue weighted by atomic mass is 9.99. The molecule has 0 radical (unpaired) electrons. The second kappa shape index (κ2) is 68.3. The van der Waals surface area contributed by atoms with Crippen LogP contribution in [0.5, 0.6) is 0 Å². The standard InChI is InChI=1S/C79H149NO10/c1-3-5-7-9-11-13-14-15-44-47-51-55-59-63-67-75(84)88-68-64-60-56-52-48-45-42-40-38-36-34-32-30-28-26-24-22-20-18-16-17-19-21-23-25-27-29-31-33-35-37-39-41-43-46-50-54-58-62-66-74(83)80-71(72(82)65-61-57-53-49-12-10-8-6-4-2)70-89-79-78(87)77(86)76(85)73(69-81)90-79/h12,16-17,49,61,65,71-73,76-79,81-82,85-87H,3-11,13-15,18-48,50-60,62-64,66-70H2,1-2H3,(H,80,83)/b17-16-,49-12+,65-61+. The molecule has 1 amide bonds. The highest BCUT2D eigenvalue weighted by atomic mass is 16.7. The number of carbonyl (C=O) groups is 2. The summed E-state index contributed by atoms with van der Waals surface area (Å²) in [5.41, 5.74) is 0. The molecule has 0 saturated carbocycles. The van der Waals surface area contributed by atoms with Crippen molar-refractivity contribution >= 4 is 11.9 Å². The maximum atomic E-state index is 13.0. The molecule has 0 aromatic heterocycles. The number of allylic oxidation sites excluding steroid dienone is 5. The van der Waals surface area contributed by atoms with Gasteiger partial charge in [0.25, 0.3) is 0 Å². The van der Waals surface area contributed by atoms with E-state index in [1.807, 2.05) is 6.08 Å². The minimum atomic E-state index is -1.57. The molecule has 1 heterocycles. The summed E-state index contributed by atoms with van der Waals surface area (Å²) < 4.78 is 16.7. The van der Waals surface area contributed by atoms with Crippen LogP contribution in [0.4, 0.5) is 0 Å². The van der Waals surface area contributed by atoms with Crippen LogP contribution in [0.15, 0.2) is 36.5 Å². The summed E-state index contributed by atoms with van der Waals surface area (Å²) in [5, 5.41) is 54.3. The summed E-state index contributed by atoms with van der Waals surface area (Å²) in [4.78, 5) is 25.1. The normalized spacial score (nSPS) is 17.8. The van der Waals surface area contributed by atoms with Crippen LogP contribution < -0.4 is 5.32 Å². The Balaban J connectivity index is 1.85. The lowest BCUT2D eigenvalue weighted by molar-refractivity contribution is -0.302. The molecule has 6 N–H and O–H groups in total. The van der Waals surface area contributed by atoms with E-state index in [0.717, 1.165) is 51.4 Å². The highest BCUT2D eigenvalue weighted by Gasteiger charge is 2.44. The van der Waals surface area contributed by atoms with Gasteiger partial charge in [0.15, 0.2) is 6.29 Å². The fourth-order valence-corrected chi connectivity index (χ4v) is 12.6. The van der Waals surface area contributed by atoms with Crippen molar-refractivity contribution in [2.75, 3.05) is 19.8 Å². The number of carbonyl (C=O) groups excluding carboxylic acids is 2. The van der Waals surface area contributed by atoms with Crippen molar-refractivity contribution in [1.29, 1.82) is 0 Å². The molecule has 1 aliphatic rings. The van der Waals surface area contributed by atoms with Gasteiger partial charge < -0.3 is 45.1 Å². The largest absolute Gasteiger partial charge is 0.466 e. The summed E-state index contributed by atoms with van der Waals surface area (Å²) in [6, 6.07) is -0.823. The van der Waals surface area contributed by atoms with E-state index in [0.29, 0.717) is 19.4 Å². The molecule has 0 aliphatic carbocycles. The summed E-state index contributed by atoms with van der Waals surface area (Å²) in [6.07, 6.45) is 79.2. The van der Waals surface area contributed by atoms with Gasteiger partial charge in [-0.25, -0.2) is 0 Å². The van der Waals surface area contributed by atoms with Gasteiger partial charge in [-0.05, 0) is 70.6 Å². The second-order valence-corrected chi connectivity index (χ2v) is 27.4. The Labute approximate surface area is 555 Å². The van der Waals surface area contributed by atoms with Crippen molar-refractivity contribution in [1.82, 2.24) is 5.32 Å². The van der Waals surface area contributed by atoms with Gasteiger partial charge in [0.1, 0.15) is 24.4 Å². The first kappa shape index (κ1) is 85.9. The quantitative estimate of drug-likeness (QED) is 0.0195. The number of hydrogen-bond donors (Lipinski definition) is 6.